The van der Waals surface area contributed by atoms with Gasteiger partial charge in [-0.25, -0.2) is 0 Å². The molecule has 0 radical (unpaired) electrons. The number of rotatable bonds is 4. The van der Waals surface area contributed by atoms with Crippen LogP contribution in [-0.4, -0.2) is 11.1 Å². The van der Waals surface area contributed by atoms with E-state index in [1.807, 2.05) is 0 Å². The monoisotopic (exact) mass is 274 g/mol. The first-order chi connectivity index (χ1) is 9.86. The summed E-state index contributed by atoms with van der Waals surface area (Å²) in [6.07, 6.45) is 17.5. The minimum absolute atomic E-state index is 0.602. The van der Waals surface area contributed by atoms with Crippen LogP contribution in [0.1, 0.15) is 75.5 Å². The molecule has 112 valence electrons. The fraction of sp³-hybridized carbons (Fsp3) is 0.778. The molecule has 0 aliphatic heterocycles. The normalized spacial score (nSPS) is 24.4. The van der Waals surface area contributed by atoms with Gasteiger partial charge in [-0.2, -0.15) is 0 Å². The Morgan fingerprint density at radius 2 is 1.85 bits per heavy atom. The second-order valence-corrected chi connectivity index (χ2v) is 6.80. The van der Waals surface area contributed by atoms with Crippen molar-refractivity contribution in [3.63, 3.8) is 0 Å². The lowest BCUT2D eigenvalue weighted by molar-refractivity contribution is 0.319. The first-order valence-corrected chi connectivity index (χ1v) is 8.78. The van der Waals surface area contributed by atoms with E-state index in [0.717, 1.165) is 12.5 Å². The van der Waals surface area contributed by atoms with Crippen LogP contribution in [-0.2, 0) is 13.0 Å². The number of nitrogens with zero attached hydrogens (tertiary/aromatic N) is 1. The fourth-order valence-electron chi connectivity index (χ4n) is 4.15. The highest BCUT2D eigenvalue weighted by Crippen LogP contribution is 2.31. The van der Waals surface area contributed by atoms with E-state index >= 15 is 0 Å². The van der Waals surface area contributed by atoms with Crippen LogP contribution >= 0.6 is 0 Å². The van der Waals surface area contributed by atoms with Crippen LogP contribution in [0.25, 0.3) is 0 Å². The number of aromatic nitrogens is 1. The van der Waals surface area contributed by atoms with Crippen LogP contribution < -0.4 is 5.32 Å². The molecule has 0 aromatic carbocycles. The molecule has 0 bridgehead atoms. The van der Waals surface area contributed by atoms with E-state index in [4.69, 9.17) is 0 Å². The zero-order valence-electron chi connectivity index (χ0n) is 13.0. The minimum Gasteiger partial charge on any atom is -0.353 e. The molecule has 0 saturated heterocycles. The molecule has 1 aromatic heterocycles. The summed E-state index contributed by atoms with van der Waals surface area (Å²) in [5.41, 5.74) is 3.21. The van der Waals surface area contributed by atoms with Gasteiger partial charge in [-0.05, 0) is 55.7 Å². The molecule has 2 aliphatic rings. The number of hydrogen-bond donors (Lipinski definition) is 1. The number of hydrogen-bond acceptors (Lipinski definition) is 1. The Morgan fingerprint density at radius 1 is 1.05 bits per heavy atom. The Balaban J connectivity index is 1.72. The summed E-state index contributed by atoms with van der Waals surface area (Å²) < 4.78 is 2.51. The maximum Gasteiger partial charge on any atom is 0.0337 e. The molecular formula is C18H30N2. The van der Waals surface area contributed by atoms with Crippen molar-refractivity contribution in [2.45, 2.75) is 77.3 Å². The van der Waals surface area contributed by atoms with Gasteiger partial charge in [-0.15, -0.1) is 0 Å². The molecule has 2 heteroatoms. The summed E-state index contributed by atoms with van der Waals surface area (Å²) in [6.45, 7) is 4.56. The molecule has 1 fully saturated rings. The van der Waals surface area contributed by atoms with Gasteiger partial charge in [0, 0.05) is 25.0 Å². The molecule has 1 unspecified atom stereocenters. The summed E-state index contributed by atoms with van der Waals surface area (Å²) in [5.74, 6) is 0.928. The maximum atomic E-state index is 3.68. The predicted molar refractivity (Wildman–Crippen MR) is 85.0 cm³/mol. The van der Waals surface area contributed by atoms with Crippen LogP contribution in [0.15, 0.2) is 12.4 Å². The van der Waals surface area contributed by atoms with Gasteiger partial charge >= 0.3 is 0 Å². The summed E-state index contributed by atoms with van der Waals surface area (Å²) in [5, 5.41) is 3.68. The van der Waals surface area contributed by atoms with E-state index in [1.54, 1.807) is 11.1 Å². The molecule has 20 heavy (non-hydrogen) atoms. The number of fused-ring (bicyclic) bond motifs is 1. The average Bonchev–Trinajstić information content (AvgIpc) is 2.77. The Labute approximate surface area is 123 Å². The molecule has 1 saturated carbocycles. The van der Waals surface area contributed by atoms with Crippen molar-refractivity contribution >= 4 is 0 Å². The second-order valence-electron chi connectivity index (χ2n) is 6.80. The van der Waals surface area contributed by atoms with Crippen LogP contribution in [0.3, 0.4) is 0 Å². The lowest BCUT2D eigenvalue weighted by Crippen LogP contribution is -2.20. The Morgan fingerprint density at radius 3 is 2.65 bits per heavy atom. The fourth-order valence-corrected chi connectivity index (χ4v) is 4.15. The molecule has 1 N–H and O–H groups in total. The van der Waals surface area contributed by atoms with E-state index in [1.165, 1.54) is 64.3 Å². The molecule has 1 atom stereocenters. The lowest BCUT2D eigenvalue weighted by atomic mass is 9.89. The third-order valence-electron chi connectivity index (χ3n) is 5.21. The van der Waals surface area contributed by atoms with Crippen LogP contribution in [0.4, 0.5) is 0 Å². The molecular weight excluding hydrogens is 244 g/mol. The van der Waals surface area contributed by atoms with Gasteiger partial charge in [0.1, 0.15) is 0 Å². The summed E-state index contributed by atoms with van der Waals surface area (Å²) >= 11 is 0. The van der Waals surface area contributed by atoms with Crippen LogP contribution in [0, 0.1) is 5.92 Å². The highest BCUT2D eigenvalue weighted by atomic mass is 15.0. The van der Waals surface area contributed by atoms with Gasteiger partial charge in [0.25, 0.3) is 0 Å². The van der Waals surface area contributed by atoms with E-state index in [9.17, 15) is 0 Å². The average molecular weight is 274 g/mol. The predicted octanol–water partition coefficient (Wildman–Crippen LogP) is 4.45. The van der Waals surface area contributed by atoms with Gasteiger partial charge in [-0.1, -0.05) is 32.6 Å². The van der Waals surface area contributed by atoms with Crippen molar-refractivity contribution in [3.8, 4) is 0 Å². The third kappa shape index (κ3) is 3.28. The first kappa shape index (κ1) is 14.2. The highest BCUT2D eigenvalue weighted by Gasteiger charge is 2.21. The SMILES string of the molecule is CCNC1CCCCc2cn(CC3CCCCC3)cc21. The number of aryl methyl sites for hydroxylation is 1. The van der Waals surface area contributed by atoms with E-state index in [-0.39, 0.29) is 0 Å². The van der Waals surface area contributed by atoms with Crippen molar-refractivity contribution in [2.24, 2.45) is 5.92 Å². The summed E-state index contributed by atoms with van der Waals surface area (Å²) in [7, 11) is 0. The molecule has 1 aromatic rings. The van der Waals surface area contributed by atoms with Gasteiger partial charge in [0.2, 0.25) is 0 Å². The molecule has 2 aliphatic carbocycles. The number of nitrogens with one attached hydrogen (secondary N) is 1. The third-order valence-corrected chi connectivity index (χ3v) is 5.21. The topological polar surface area (TPSA) is 17.0 Å². The van der Waals surface area contributed by atoms with E-state index in [2.05, 4.69) is 29.2 Å². The summed E-state index contributed by atoms with van der Waals surface area (Å²) in [4.78, 5) is 0. The summed E-state index contributed by atoms with van der Waals surface area (Å²) in [6, 6.07) is 0.602. The second kappa shape index (κ2) is 6.80. The van der Waals surface area contributed by atoms with Gasteiger partial charge in [0.15, 0.2) is 0 Å². The Bertz CT molecular complexity index is 415. The van der Waals surface area contributed by atoms with Gasteiger partial charge in [0.05, 0.1) is 0 Å². The van der Waals surface area contributed by atoms with E-state index in [0.29, 0.717) is 6.04 Å². The molecule has 0 spiro atoms. The van der Waals surface area contributed by atoms with Crippen molar-refractivity contribution in [2.75, 3.05) is 6.54 Å². The maximum absolute atomic E-state index is 3.68. The minimum atomic E-state index is 0.602. The first-order valence-electron chi connectivity index (χ1n) is 8.78. The van der Waals surface area contributed by atoms with Crippen molar-refractivity contribution in [1.29, 1.82) is 0 Å². The molecule has 0 amide bonds. The van der Waals surface area contributed by atoms with Crippen molar-refractivity contribution in [1.82, 2.24) is 9.88 Å². The molecule has 3 rings (SSSR count). The van der Waals surface area contributed by atoms with Crippen LogP contribution in [0.2, 0.25) is 0 Å². The van der Waals surface area contributed by atoms with Gasteiger partial charge in [-0.3, -0.25) is 0 Å². The van der Waals surface area contributed by atoms with Crippen molar-refractivity contribution < 1.29 is 0 Å². The largest absolute Gasteiger partial charge is 0.353 e. The van der Waals surface area contributed by atoms with Crippen molar-refractivity contribution in [3.05, 3.63) is 23.5 Å². The smallest absolute Gasteiger partial charge is 0.0337 e. The van der Waals surface area contributed by atoms with Gasteiger partial charge < -0.3 is 9.88 Å². The quantitative estimate of drug-likeness (QED) is 0.803. The highest BCUT2D eigenvalue weighted by molar-refractivity contribution is 5.29. The molecule has 2 nitrogen and oxygen atoms in total. The van der Waals surface area contributed by atoms with Crippen LogP contribution in [0.5, 0.6) is 0 Å². The molecule has 1 heterocycles. The lowest BCUT2D eigenvalue weighted by Gasteiger charge is -2.22. The Kier molecular flexibility index (Phi) is 4.82. The zero-order valence-corrected chi connectivity index (χ0v) is 13.0. The standard InChI is InChI=1S/C18H30N2/c1-2-19-18-11-7-6-10-16-13-20(14-17(16)18)12-15-8-4-3-5-9-15/h13-15,18-19H,2-12H2,1H3. The Hall–Kier alpha value is -0.760. The zero-order chi connectivity index (χ0) is 13.8. The van der Waals surface area contributed by atoms with E-state index < -0.39 is 0 Å².